The number of anilines is 1. The van der Waals surface area contributed by atoms with Gasteiger partial charge < -0.3 is 5.32 Å². The number of hydrogen-bond acceptors (Lipinski definition) is 5. The topological polar surface area (TPSA) is 72.7 Å². The Labute approximate surface area is 157 Å². The maximum atomic E-state index is 14.6. The van der Waals surface area contributed by atoms with Gasteiger partial charge in [-0.1, -0.05) is 17.7 Å². The summed E-state index contributed by atoms with van der Waals surface area (Å²) >= 11 is 7.59. The van der Waals surface area contributed by atoms with E-state index in [1.54, 1.807) is 37.5 Å². The monoisotopic (exact) mass is 389 g/mol. The predicted molar refractivity (Wildman–Crippen MR) is 98.2 cm³/mol. The van der Waals surface area contributed by atoms with Crippen molar-refractivity contribution in [1.82, 2.24) is 19.7 Å². The van der Waals surface area contributed by atoms with Gasteiger partial charge in [-0.15, -0.1) is 11.8 Å². The Bertz CT molecular complexity index is 974. The van der Waals surface area contributed by atoms with Crippen LogP contribution >= 0.6 is 23.4 Å². The lowest BCUT2D eigenvalue weighted by Gasteiger charge is -2.17. The van der Waals surface area contributed by atoms with E-state index >= 15 is 0 Å². The molecular formula is C17H13ClFN5OS. The van der Waals surface area contributed by atoms with E-state index in [1.165, 1.54) is 22.5 Å². The lowest BCUT2D eigenvalue weighted by atomic mass is 10.0. The van der Waals surface area contributed by atoms with Gasteiger partial charge in [0.05, 0.1) is 16.7 Å². The van der Waals surface area contributed by atoms with E-state index in [0.717, 1.165) is 0 Å². The molecule has 1 unspecified atom stereocenters. The number of hydrogen-bond donors (Lipinski definition) is 1. The number of thioether (sulfide) groups is 1. The van der Waals surface area contributed by atoms with Gasteiger partial charge >= 0.3 is 0 Å². The van der Waals surface area contributed by atoms with Gasteiger partial charge in [0, 0.05) is 28.5 Å². The minimum absolute atomic E-state index is 0.166. The first-order valence-electron chi connectivity index (χ1n) is 7.78. The highest BCUT2D eigenvalue weighted by Crippen LogP contribution is 2.46. The molecule has 1 aromatic carbocycles. The van der Waals surface area contributed by atoms with E-state index in [9.17, 15) is 9.18 Å². The van der Waals surface area contributed by atoms with Crippen LogP contribution in [0.3, 0.4) is 0 Å². The Morgan fingerprint density at radius 2 is 2.04 bits per heavy atom. The van der Waals surface area contributed by atoms with Crippen LogP contribution in [-0.2, 0) is 4.79 Å². The van der Waals surface area contributed by atoms with Crippen molar-refractivity contribution in [3.8, 4) is 5.95 Å². The van der Waals surface area contributed by atoms with Crippen molar-refractivity contribution in [2.24, 2.45) is 0 Å². The average molecular weight is 390 g/mol. The van der Waals surface area contributed by atoms with Crippen LogP contribution in [0.4, 0.5) is 10.2 Å². The standard InChI is InChI=1S/C17H13ClFN5OS/c1-9-13-15(14-10(18)4-2-5-11(14)19)26-8-12(25)22-16(13)24(23-9)17-20-6-3-7-21-17/h2-7,15H,8H2,1H3,(H,22,25). The van der Waals surface area contributed by atoms with Gasteiger partial charge in [-0.05, 0) is 25.1 Å². The molecule has 0 aliphatic carbocycles. The van der Waals surface area contributed by atoms with Gasteiger partial charge in [0.2, 0.25) is 5.91 Å². The van der Waals surface area contributed by atoms with Crippen molar-refractivity contribution in [1.29, 1.82) is 0 Å². The summed E-state index contributed by atoms with van der Waals surface area (Å²) in [6, 6.07) is 6.25. The Hall–Kier alpha value is -2.45. The van der Waals surface area contributed by atoms with Crippen LogP contribution in [0.15, 0.2) is 36.7 Å². The highest BCUT2D eigenvalue weighted by atomic mass is 35.5. The zero-order chi connectivity index (χ0) is 18.3. The second kappa shape index (κ2) is 6.69. The molecule has 26 heavy (non-hydrogen) atoms. The number of rotatable bonds is 2. The van der Waals surface area contributed by atoms with Crippen molar-refractivity contribution in [3.05, 3.63) is 64.3 Å². The van der Waals surface area contributed by atoms with Crippen molar-refractivity contribution in [3.63, 3.8) is 0 Å². The van der Waals surface area contributed by atoms with Crippen LogP contribution in [-0.4, -0.2) is 31.4 Å². The smallest absolute Gasteiger partial charge is 0.252 e. The van der Waals surface area contributed by atoms with E-state index in [-0.39, 0.29) is 11.7 Å². The van der Waals surface area contributed by atoms with Crippen molar-refractivity contribution < 1.29 is 9.18 Å². The lowest BCUT2D eigenvalue weighted by molar-refractivity contribution is -0.113. The van der Waals surface area contributed by atoms with E-state index in [1.807, 2.05) is 0 Å². The average Bonchev–Trinajstić information content (AvgIpc) is 2.83. The summed E-state index contributed by atoms with van der Waals surface area (Å²) in [6.45, 7) is 1.80. The molecule has 1 amide bonds. The number of carbonyl (C=O) groups excluding carboxylic acids is 1. The third-order valence-corrected chi connectivity index (χ3v) is 5.57. The van der Waals surface area contributed by atoms with Crippen LogP contribution in [0.5, 0.6) is 0 Å². The van der Waals surface area contributed by atoms with Gasteiger partial charge in [-0.3, -0.25) is 4.79 Å². The van der Waals surface area contributed by atoms with Gasteiger partial charge in [0.1, 0.15) is 11.6 Å². The van der Waals surface area contributed by atoms with Crippen molar-refractivity contribution >= 4 is 35.1 Å². The molecule has 0 radical (unpaired) electrons. The first kappa shape index (κ1) is 17.0. The number of benzene rings is 1. The molecule has 1 aliphatic rings. The molecule has 132 valence electrons. The number of nitrogens with one attached hydrogen (secondary N) is 1. The minimum atomic E-state index is -0.477. The molecule has 0 saturated carbocycles. The number of fused-ring (bicyclic) bond motifs is 1. The third kappa shape index (κ3) is 2.85. The number of nitrogens with zero attached hydrogens (tertiary/aromatic N) is 4. The summed E-state index contributed by atoms with van der Waals surface area (Å²) in [7, 11) is 0. The summed E-state index contributed by atoms with van der Waals surface area (Å²) in [4.78, 5) is 20.6. The maximum absolute atomic E-state index is 14.6. The molecule has 6 nitrogen and oxygen atoms in total. The molecule has 0 bridgehead atoms. The molecule has 1 atom stereocenters. The molecule has 1 aliphatic heterocycles. The molecular weight excluding hydrogens is 377 g/mol. The second-order valence-corrected chi connectivity index (χ2v) is 7.18. The molecule has 0 fully saturated rings. The zero-order valence-corrected chi connectivity index (χ0v) is 15.2. The molecule has 1 N–H and O–H groups in total. The lowest BCUT2D eigenvalue weighted by Crippen LogP contribution is -2.16. The van der Waals surface area contributed by atoms with Crippen LogP contribution < -0.4 is 5.32 Å². The second-order valence-electron chi connectivity index (χ2n) is 5.68. The molecule has 0 saturated heterocycles. The van der Waals surface area contributed by atoms with Gasteiger partial charge in [-0.2, -0.15) is 9.78 Å². The number of aromatic nitrogens is 4. The summed E-state index contributed by atoms with van der Waals surface area (Å²) in [5.41, 5.74) is 1.68. The fraction of sp³-hybridized carbons (Fsp3) is 0.176. The number of carbonyl (C=O) groups is 1. The quantitative estimate of drug-likeness (QED) is 0.725. The van der Waals surface area contributed by atoms with Crippen LogP contribution in [0.2, 0.25) is 5.02 Å². The van der Waals surface area contributed by atoms with Crippen LogP contribution in [0.25, 0.3) is 5.95 Å². The van der Waals surface area contributed by atoms with Gasteiger partial charge in [0.25, 0.3) is 5.95 Å². The Morgan fingerprint density at radius 1 is 1.27 bits per heavy atom. The highest BCUT2D eigenvalue weighted by Gasteiger charge is 2.33. The van der Waals surface area contributed by atoms with Crippen molar-refractivity contribution in [2.75, 3.05) is 11.1 Å². The fourth-order valence-electron chi connectivity index (χ4n) is 2.92. The summed E-state index contributed by atoms with van der Waals surface area (Å²) in [5.74, 6) is 0.302. The first-order chi connectivity index (χ1) is 12.6. The van der Waals surface area contributed by atoms with Gasteiger partial charge in [-0.25, -0.2) is 14.4 Å². The number of halogens is 2. The molecule has 3 aromatic rings. The Kier molecular flexibility index (Phi) is 4.37. The van der Waals surface area contributed by atoms with E-state index in [4.69, 9.17) is 11.6 Å². The number of aryl methyl sites for hydroxylation is 1. The van der Waals surface area contributed by atoms with Crippen LogP contribution in [0, 0.1) is 12.7 Å². The summed E-state index contributed by atoms with van der Waals surface area (Å²) in [5, 5.41) is 7.15. The van der Waals surface area contributed by atoms with Gasteiger partial charge in [0.15, 0.2) is 0 Å². The Morgan fingerprint density at radius 3 is 2.77 bits per heavy atom. The van der Waals surface area contributed by atoms with E-state index in [2.05, 4.69) is 20.4 Å². The third-order valence-electron chi connectivity index (χ3n) is 4.01. The normalized spacial score (nSPS) is 16.7. The molecule has 9 heteroatoms. The molecule has 3 heterocycles. The summed E-state index contributed by atoms with van der Waals surface area (Å²) < 4.78 is 16.0. The van der Waals surface area contributed by atoms with Crippen LogP contribution in [0.1, 0.15) is 22.1 Å². The molecule has 0 spiro atoms. The molecule has 2 aromatic heterocycles. The van der Waals surface area contributed by atoms with Crippen molar-refractivity contribution in [2.45, 2.75) is 12.2 Å². The van der Waals surface area contributed by atoms with E-state index < -0.39 is 11.1 Å². The minimum Gasteiger partial charge on any atom is -0.309 e. The van der Waals surface area contributed by atoms with E-state index in [0.29, 0.717) is 33.6 Å². The zero-order valence-electron chi connectivity index (χ0n) is 13.6. The Balaban J connectivity index is 1.95. The SMILES string of the molecule is Cc1nn(-c2ncccn2)c2c1C(c1c(F)cccc1Cl)SCC(=O)N2. The highest BCUT2D eigenvalue weighted by molar-refractivity contribution is 8.00. The first-order valence-corrected chi connectivity index (χ1v) is 9.21. The predicted octanol–water partition coefficient (Wildman–Crippen LogP) is 3.54. The summed E-state index contributed by atoms with van der Waals surface area (Å²) in [6.07, 6.45) is 3.18. The largest absolute Gasteiger partial charge is 0.309 e. The maximum Gasteiger partial charge on any atom is 0.252 e. The number of amides is 1. The fourth-order valence-corrected chi connectivity index (χ4v) is 4.50. The molecule has 4 rings (SSSR count).